The minimum Gasteiger partial charge on any atom is -0.481 e. The number of rotatable bonds is 1. The van der Waals surface area contributed by atoms with Gasteiger partial charge in [0.05, 0.1) is 5.92 Å². The van der Waals surface area contributed by atoms with Gasteiger partial charge in [-0.1, -0.05) is 11.6 Å². The molecule has 0 aliphatic carbocycles. The summed E-state index contributed by atoms with van der Waals surface area (Å²) in [5, 5.41) is 9.03. The summed E-state index contributed by atoms with van der Waals surface area (Å²) in [6, 6.07) is -0.00611. The number of carboxylic acids is 1. The molecule has 0 radical (unpaired) electrons. The van der Waals surface area contributed by atoms with E-state index in [1.165, 1.54) is 5.57 Å². The van der Waals surface area contributed by atoms with Crippen molar-refractivity contribution in [3.8, 4) is 0 Å². The molecule has 2 aliphatic heterocycles. The second-order valence-corrected chi connectivity index (χ2v) is 5.17. The minimum absolute atomic E-state index is 0.00611. The molecule has 0 aromatic carbocycles. The maximum absolute atomic E-state index is 12.3. The number of hydrogen-bond donors (Lipinski definition) is 1. The molecule has 1 saturated heterocycles. The van der Waals surface area contributed by atoms with E-state index in [1.807, 2.05) is 11.8 Å². The van der Waals surface area contributed by atoms with Gasteiger partial charge in [-0.05, 0) is 26.2 Å². The molecule has 5 nitrogen and oxygen atoms in total. The minimum atomic E-state index is -0.790. The molecule has 0 unspecified atom stereocenters. The molecule has 0 saturated carbocycles. The molecule has 100 valence electrons. The lowest BCUT2D eigenvalue weighted by atomic mass is 9.98. The van der Waals surface area contributed by atoms with Crippen molar-refractivity contribution >= 4 is 12.0 Å². The van der Waals surface area contributed by atoms with Crippen LogP contribution in [-0.4, -0.2) is 53.1 Å². The van der Waals surface area contributed by atoms with E-state index in [2.05, 4.69) is 6.08 Å². The van der Waals surface area contributed by atoms with Crippen molar-refractivity contribution in [2.45, 2.75) is 26.2 Å². The highest BCUT2D eigenvalue weighted by Crippen LogP contribution is 2.19. The molecule has 2 amide bonds. The average molecular weight is 252 g/mol. The number of likely N-dealkylation sites (tertiary alicyclic amines) is 1. The van der Waals surface area contributed by atoms with Gasteiger partial charge >= 0.3 is 12.0 Å². The highest BCUT2D eigenvalue weighted by atomic mass is 16.4. The lowest BCUT2D eigenvalue weighted by Crippen LogP contribution is -2.50. The Morgan fingerprint density at radius 2 is 2.11 bits per heavy atom. The van der Waals surface area contributed by atoms with Gasteiger partial charge in [0.2, 0.25) is 0 Å². The van der Waals surface area contributed by atoms with E-state index in [9.17, 15) is 9.59 Å². The third kappa shape index (κ3) is 2.83. The van der Waals surface area contributed by atoms with Crippen LogP contribution in [0.4, 0.5) is 4.79 Å². The van der Waals surface area contributed by atoms with Gasteiger partial charge in [-0.3, -0.25) is 4.79 Å². The normalized spacial score (nSPS) is 24.7. The van der Waals surface area contributed by atoms with E-state index in [1.54, 1.807) is 4.90 Å². The van der Waals surface area contributed by atoms with Crippen molar-refractivity contribution in [2.24, 2.45) is 5.92 Å². The number of carbonyl (C=O) groups is 2. The van der Waals surface area contributed by atoms with Crippen LogP contribution in [-0.2, 0) is 4.79 Å². The number of carbonyl (C=O) groups excluding carboxylic acids is 1. The van der Waals surface area contributed by atoms with Crippen LogP contribution in [0, 0.1) is 5.92 Å². The molecule has 2 rings (SSSR count). The van der Waals surface area contributed by atoms with E-state index in [0.717, 1.165) is 19.4 Å². The molecule has 1 fully saturated rings. The summed E-state index contributed by atoms with van der Waals surface area (Å²) < 4.78 is 0. The third-order valence-electron chi connectivity index (χ3n) is 3.64. The van der Waals surface area contributed by atoms with Gasteiger partial charge in [-0.15, -0.1) is 0 Å². The molecule has 0 aromatic rings. The van der Waals surface area contributed by atoms with Crippen LogP contribution in [0.15, 0.2) is 11.6 Å². The van der Waals surface area contributed by atoms with Gasteiger partial charge in [0.1, 0.15) is 0 Å². The molecule has 18 heavy (non-hydrogen) atoms. The van der Waals surface area contributed by atoms with Crippen molar-refractivity contribution < 1.29 is 14.7 Å². The highest BCUT2D eigenvalue weighted by Gasteiger charge is 2.30. The third-order valence-corrected chi connectivity index (χ3v) is 3.64. The Bertz CT molecular complexity index is 378. The van der Waals surface area contributed by atoms with Crippen molar-refractivity contribution in [3.63, 3.8) is 0 Å². The molecule has 2 aliphatic rings. The fourth-order valence-electron chi connectivity index (χ4n) is 2.63. The summed E-state index contributed by atoms with van der Waals surface area (Å²) in [4.78, 5) is 26.8. The van der Waals surface area contributed by atoms with Gasteiger partial charge in [0.15, 0.2) is 0 Å². The predicted octanol–water partition coefficient (Wildman–Crippen LogP) is 1.56. The topological polar surface area (TPSA) is 60.9 Å². The largest absolute Gasteiger partial charge is 0.481 e. The summed E-state index contributed by atoms with van der Waals surface area (Å²) in [6.07, 6.45) is 4.51. The number of nitrogens with zero attached hydrogens (tertiary/aromatic N) is 2. The standard InChI is InChI=1S/C13H20N2O3/c1-10-4-2-6-14(8-10)13(18)15-7-3-5-11(9-15)12(16)17/h4,11H,2-3,5-9H2,1H3,(H,16,17)/t11-/m0/s1. The van der Waals surface area contributed by atoms with Crippen molar-refractivity contribution in [1.29, 1.82) is 0 Å². The zero-order chi connectivity index (χ0) is 13.1. The first-order valence-corrected chi connectivity index (χ1v) is 6.50. The molecule has 1 N–H and O–H groups in total. The maximum atomic E-state index is 12.3. The smallest absolute Gasteiger partial charge is 0.320 e. The van der Waals surface area contributed by atoms with Gasteiger partial charge in [-0.25, -0.2) is 4.79 Å². The Balaban J connectivity index is 1.96. The quantitative estimate of drug-likeness (QED) is 0.720. The van der Waals surface area contributed by atoms with Gasteiger partial charge in [-0.2, -0.15) is 0 Å². The van der Waals surface area contributed by atoms with Gasteiger partial charge in [0, 0.05) is 26.2 Å². The zero-order valence-electron chi connectivity index (χ0n) is 10.8. The van der Waals surface area contributed by atoms with Crippen LogP contribution < -0.4 is 0 Å². The lowest BCUT2D eigenvalue weighted by Gasteiger charge is -2.36. The Kier molecular flexibility index (Phi) is 3.89. The number of carboxylic acid groups (broad SMARTS) is 1. The molecule has 1 atom stereocenters. The molecule has 0 spiro atoms. The van der Waals surface area contributed by atoms with Crippen LogP contribution in [0.1, 0.15) is 26.2 Å². The molecule has 5 heteroatoms. The van der Waals surface area contributed by atoms with Crippen LogP contribution in [0.2, 0.25) is 0 Å². The average Bonchev–Trinajstić information content (AvgIpc) is 2.38. The SMILES string of the molecule is CC1=CCCN(C(=O)N2CCC[C@H](C(=O)O)C2)C1. The summed E-state index contributed by atoms with van der Waals surface area (Å²) in [5.41, 5.74) is 1.21. The van der Waals surface area contributed by atoms with Crippen LogP contribution in [0.3, 0.4) is 0 Å². The number of amides is 2. The van der Waals surface area contributed by atoms with Gasteiger partial charge < -0.3 is 14.9 Å². The first-order chi connectivity index (χ1) is 8.58. The number of aliphatic carboxylic acids is 1. The molecule has 0 aromatic heterocycles. The van der Waals surface area contributed by atoms with Crippen LogP contribution >= 0.6 is 0 Å². The summed E-state index contributed by atoms with van der Waals surface area (Å²) in [6.45, 7) is 4.47. The molecule has 0 bridgehead atoms. The monoisotopic (exact) mass is 252 g/mol. The number of urea groups is 1. The summed E-state index contributed by atoms with van der Waals surface area (Å²) >= 11 is 0. The Labute approximate surface area is 107 Å². The van der Waals surface area contributed by atoms with Crippen LogP contribution in [0.25, 0.3) is 0 Å². The van der Waals surface area contributed by atoms with Gasteiger partial charge in [0.25, 0.3) is 0 Å². The van der Waals surface area contributed by atoms with Crippen molar-refractivity contribution in [2.75, 3.05) is 26.2 Å². The number of piperidine rings is 1. The first kappa shape index (κ1) is 12.9. The Morgan fingerprint density at radius 3 is 2.78 bits per heavy atom. The predicted molar refractivity (Wildman–Crippen MR) is 67.3 cm³/mol. The lowest BCUT2D eigenvalue weighted by molar-refractivity contribution is -0.143. The van der Waals surface area contributed by atoms with E-state index in [0.29, 0.717) is 26.1 Å². The summed E-state index contributed by atoms with van der Waals surface area (Å²) in [7, 11) is 0. The second kappa shape index (κ2) is 5.42. The van der Waals surface area contributed by atoms with Crippen molar-refractivity contribution in [1.82, 2.24) is 9.80 Å². The molecular formula is C13H20N2O3. The highest BCUT2D eigenvalue weighted by molar-refractivity contribution is 5.77. The molecular weight excluding hydrogens is 232 g/mol. The molecule has 2 heterocycles. The van der Waals surface area contributed by atoms with Crippen molar-refractivity contribution in [3.05, 3.63) is 11.6 Å². The van der Waals surface area contributed by atoms with E-state index in [4.69, 9.17) is 5.11 Å². The second-order valence-electron chi connectivity index (χ2n) is 5.17. The summed E-state index contributed by atoms with van der Waals surface area (Å²) in [5.74, 6) is -1.19. The first-order valence-electron chi connectivity index (χ1n) is 6.50. The number of hydrogen-bond acceptors (Lipinski definition) is 2. The fraction of sp³-hybridized carbons (Fsp3) is 0.692. The van der Waals surface area contributed by atoms with E-state index in [-0.39, 0.29) is 6.03 Å². The maximum Gasteiger partial charge on any atom is 0.320 e. The Hall–Kier alpha value is -1.52. The Morgan fingerprint density at radius 1 is 1.33 bits per heavy atom. The van der Waals surface area contributed by atoms with Crippen LogP contribution in [0.5, 0.6) is 0 Å². The van der Waals surface area contributed by atoms with E-state index < -0.39 is 11.9 Å². The fourth-order valence-corrected chi connectivity index (χ4v) is 2.63. The van der Waals surface area contributed by atoms with E-state index >= 15 is 0 Å². The zero-order valence-corrected chi connectivity index (χ0v) is 10.8.